The molecule has 0 aliphatic carbocycles. The number of hydrogen-bond donors (Lipinski definition) is 1. The highest BCUT2D eigenvalue weighted by Crippen LogP contribution is 2.33. The lowest BCUT2D eigenvalue weighted by Gasteiger charge is -2.37. The minimum absolute atomic E-state index is 0. The summed E-state index contributed by atoms with van der Waals surface area (Å²) in [6, 6.07) is 5.27. The second-order valence-corrected chi connectivity index (χ2v) is 6.74. The van der Waals surface area contributed by atoms with Crippen LogP contribution in [-0.2, 0) is 0 Å². The first-order valence-electron chi connectivity index (χ1n) is 8.01. The molecule has 2 nitrogen and oxygen atoms in total. The maximum atomic E-state index is 3.47. The summed E-state index contributed by atoms with van der Waals surface area (Å²) in [5.41, 5.74) is 5.89. The number of piperazine rings is 1. The molecule has 0 saturated carbocycles. The van der Waals surface area contributed by atoms with E-state index in [1.165, 1.54) is 36.2 Å². The topological polar surface area (TPSA) is 15.3 Å². The van der Waals surface area contributed by atoms with Gasteiger partial charge in [-0.15, -0.1) is 24.8 Å². The zero-order valence-corrected chi connectivity index (χ0v) is 16.2. The molecule has 0 unspecified atom stereocenters. The quantitative estimate of drug-likeness (QED) is 0.866. The van der Waals surface area contributed by atoms with Crippen molar-refractivity contribution in [2.24, 2.45) is 5.92 Å². The Morgan fingerprint density at radius 1 is 1.00 bits per heavy atom. The molecule has 1 aliphatic heterocycles. The molecule has 1 saturated heterocycles. The third-order valence-electron chi connectivity index (χ3n) is 4.36. The van der Waals surface area contributed by atoms with Crippen molar-refractivity contribution in [3.63, 3.8) is 0 Å². The second kappa shape index (κ2) is 9.77. The molecule has 0 amide bonds. The van der Waals surface area contributed by atoms with Crippen molar-refractivity contribution < 1.29 is 0 Å². The van der Waals surface area contributed by atoms with Gasteiger partial charge in [-0.25, -0.2) is 0 Å². The van der Waals surface area contributed by atoms with E-state index in [1.807, 2.05) is 0 Å². The van der Waals surface area contributed by atoms with E-state index in [9.17, 15) is 0 Å². The van der Waals surface area contributed by atoms with Crippen LogP contribution in [0.25, 0.3) is 0 Å². The van der Waals surface area contributed by atoms with E-state index in [-0.39, 0.29) is 24.8 Å². The Kier molecular flexibility index (Phi) is 9.64. The summed E-state index contributed by atoms with van der Waals surface area (Å²) in [6.07, 6.45) is 1.25. The van der Waals surface area contributed by atoms with Crippen molar-refractivity contribution in [1.29, 1.82) is 0 Å². The van der Waals surface area contributed by atoms with Gasteiger partial charge in [0, 0.05) is 32.2 Å². The number of hydrogen-bond acceptors (Lipinski definition) is 2. The van der Waals surface area contributed by atoms with Crippen molar-refractivity contribution in [3.05, 3.63) is 34.4 Å². The predicted molar refractivity (Wildman–Crippen MR) is 102 cm³/mol. The third-order valence-corrected chi connectivity index (χ3v) is 4.36. The molecule has 2 rings (SSSR count). The van der Waals surface area contributed by atoms with Crippen LogP contribution in [0.5, 0.6) is 0 Å². The summed E-state index contributed by atoms with van der Waals surface area (Å²) in [4.78, 5) is 2.68. The Balaban J connectivity index is 0.00000220. The molecule has 1 atom stereocenters. The maximum Gasteiger partial charge on any atom is 0.0356 e. The van der Waals surface area contributed by atoms with E-state index in [1.54, 1.807) is 5.56 Å². The van der Waals surface area contributed by atoms with Crippen LogP contribution in [0.3, 0.4) is 0 Å². The van der Waals surface area contributed by atoms with Crippen LogP contribution < -0.4 is 5.32 Å². The van der Waals surface area contributed by atoms with E-state index in [4.69, 9.17) is 0 Å². The van der Waals surface area contributed by atoms with E-state index >= 15 is 0 Å². The van der Waals surface area contributed by atoms with Crippen LogP contribution in [-0.4, -0.2) is 31.1 Å². The van der Waals surface area contributed by atoms with E-state index in [2.05, 4.69) is 57.0 Å². The Labute approximate surface area is 148 Å². The van der Waals surface area contributed by atoms with Gasteiger partial charge in [0.25, 0.3) is 0 Å². The summed E-state index contributed by atoms with van der Waals surface area (Å²) in [5, 5.41) is 3.47. The average Bonchev–Trinajstić information content (AvgIpc) is 2.37. The Bertz CT molecular complexity index is 431. The van der Waals surface area contributed by atoms with Gasteiger partial charge in [-0.3, -0.25) is 4.90 Å². The van der Waals surface area contributed by atoms with Crippen LogP contribution in [0.2, 0.25) is 0 Å². The minimum atomic E-state index is 0. The second-order valence-electron chi connectivity index (χ2n) is 6.74. The molecule has 1 aliphatic rings. The van der Waals surface area contributed by atoms with Crippen LogP contribution in [0.15, 0.2) is 12.1 Å². The largest absolute Gasteiger partial charge is 0.314 e. The van der Waals surface area contributed by atoms with Crippen molar-refractivity contribution in [2.75, 3.05) is 26.2 Å². The molecular weight excluding hydrogens is 315 g/mol. The highest BCUT2D eigenvalue weighted by Gasteiger charge is 2.25. The first-order chi connectivity index (χ1) is 9.49. The number of rotatable bonds is 4. The zero-order chi connectivity index (χ0) is 14.7. The molecule has 1 heterocycles. The fourth-order valence-corrected chi connectivity index (χ4v) is 3.61. The van der Waals surface area contributed by atoms with E-state index in [0.29, 0.717) is 6.04 Å². The van der Waals surface area contributed by atoms with Gasteiger partial charge in [0.05, 0.1) is 0 Å². The van der Waals surface area contributed by atoms with Gasteiger partial charge in [-0.1, -0.05) is 31.5 Å². The smallest absolute Gasteiger partial charge is 0.0356 e. The Hall–Kier alpha value is -0.280. The molecule has 1 aromatic carbocycles. The molecule has 1 N–H and O–H groups in total. The molecule has 0 aromatic heterocycles. The fraction of sp³-hybridized carbons (Fsp3) is 0.667. The van der Waals surface area contributed by atoms with Crippen LogP contribution in [0.4, 0.5) is 0 Å². The molecule has 22 heavy (non-hydrogen) atoms. The lowest BCUT2D eigenvalue weighted by atomic mass is 9.88. The molecular formula is C18H32Cl2N2. The van der Waals surface area contributed by atoms with Gasteiger partial charge in [0.2, 0.25) is 0 Å². The number of benzene rings is 1. The third kappa shape index (κ3) is 5.42. The monoisotopic (exact) mass is 346 g/mol. The van der Waals surface area contributed by atoms with Gasteiger partial charge < -0.3 is 5.32 Å². The molecule has 128 valence electrons. The summed E-state index contributed by atoms with van der Waals surface area (Å²) in [7, 11) is 0. The highest BCUT2D eigenvalue weighted by atomic mass is 35.5. The molecule has 0 radical (unpaired) electrons. The fourth-order valence-electron chi connectivity index (χ4n) is 3.61. The van der Waals surface area contributed by atoms with Crippen molar-refractivity contribution in [3.8, 4) is 0 Å². The average molecular weight is 347 g/mol. The van der Waals surface area contributed by atoms with Crippen molar-refractivity contribution in [1.82, 2.24) is 10.2 Å². The van der Waals surface area contributed by atoms with E-state index in [0.717, 1.165) is 19.0 Å². The van der Waals surface area contributed by atoms with Gasteiger partial charge in [0.1, 0.15) is 0 Å². The molecule has 1 aromatic rings. The molecule has 1 fully saturated rings. The van der Waals surface area contributed by atoms with E-state index < -0.39 is 0 Å². The predicted octanol–water partition coefficient (Wildman–Crippen LogP) is 4.45. The highest BCUT2D eigenvalue weighted by molar-refractivity contribution is 5.85. The SMILES string of the molecule is Cc1cc(C)c([C@H](CC(C)C)N2CCNCC2)c(C)c1.Cl.Cl. The lowest BCUT2D eigenvalue weighted by Crippen LogP contribution is -2.45. The normalized spacial score (nSPS) is 16.8. The number of nitrogens with zero attached hydrogens (tertiary/aromatic N) is 1. The van der Waals surface area contributed by atoms with Crippen LogP contribution in [0, 0.1) is 26.7 Å². The number of halogens is 2. The number of nitrogens with one attached hydrogen (secondary N) is 1. The zero-order valence-electron chi connectivity index (χ0n) is 14.6. The molecule has 0 bridgehead atoms. The summed E-state index contributed by atoms with van der Waals surface area (Å²) < 4.78 is 0. The van der Waals surface area contributed by atoms with Crippen LogP contribution >= 0.6 is 24.8 Å². The van der Waals surface area contributed by atoms with Crippen molar-refractivity contribution >= 4 is 24.8 Å². The Morgan fingerprint density at radius 3 is 1.95 bits per heavy atom. The first kappa shape index (κ1) is 21.7. The van der Waals surface area contributed by atoms with Gasteiger partial charge in [-0.2, -0.15) is 0 Å². The van der Waals surface area contributed by atoms with Crippen molar-refractivity contribution in [2.45, 2.75) is 47.1 Å². The van der Waals surface area contributed by atoms with Gasteiger partial charge in [-0.05, 0) is 49.8 Å². The van der Waals surface area contributed by atoms with Gasteiger partial charge >= 0.3 is 0 Å². The minimum Gasteiger partial charge on any atom is -0.314 e. The van der Waals surface area contributed by atoms with Crippen LogP contribution in [0.1, 0.15) is 48.6 Å². The summed E-state index contributed by atoms with van der Waals surface area (Å²) in [5.74, 6) is 0.731. The molecule has 0 spiro atoms. The first-order valence-corrected chi connectivity index (χ1v) is 8.01. The summed E-state index contributed by atoms with van der Waals surface area (Å²) in [6.45, 7) is 16.0. The molecule has 4 heteroatoms. The summed E-state index contributed by atoms with van der Waals surface area (Å²) >= 11 is 0. The number of aryl methyl sites for hydroxylation is 3. The van der Waals surface area contributed by atoms with Gasteiger partial charge in [0.15, 0.2) is 0 Å². The maximum absolute atomic E-state index is 3.47. The lowest BCUT2D eigenvalue weighted by molar-refractivity contribution is 0.153. The standard InChI is InChI=1S/C18H30N2.2ClH/c1-13(2)10-17(20-8-6-19-7-9-20)18-15(4)11-14(3)12-16(18)5;;/h11-13,17,19H,6-10H2,1-5H3;2*1H/t17-;;/m0../s1. The Morgan fingerprint density at radius 2 is 1.50 bits per heavy atom.